The Morgan fingerprint density at radius 2 is 1.96 bits per heavy atom. The zero-order valence-corrected chi connectivity index (χ0v) is 15.6. The van der Waals surface area contributed by atoms with Crippen LogP contribution in [0.2, 0.25) is 5.02 Å². The summed E-state index contributed by atoms with van der Waals surface area (Å²) in [6, 6.07) is 15.1. The number of aromatic nitrogens is 2. The number of halogens is 1. The smallest absolute Gasteiger partial charge is 0.176 e. The van der Waals surface area contributed by atoms with Gasteiger partial charge in [0.25, 0.3) is 0 Å². The molecule has 1 aliphatic rings. The maximum Gasteiger partial charge on any atom is 0.176 e. The number of hydrogen-bond acceptors (Lipinski definition) is 5. The van der Waals surface area contributed by atoms with Crippen molar-refractivity contribution in [1.82, 2.24) is 9.59 Å². The first-order valence-corrected chi connectivity index (χ1v) is 9.73. The fraction of sp³-hybridized carbons (Fsp3) is 0.250. The summed E-state index contributed by atoms with van der Waals surface area (Å²) in [4.78, 5) is 13.4. The van der Waals surface area contributed by atoms with Gasteiger partial charge in [-0.15, -0.1) is 5.10 Å². The van der Waals surface area contributed by atoms with Gasteiger partial charge < -0.3 is 4.74 Å². The number of rotatable bonds is 7. The van der Waals surface area contributed by atoms with Crippen LogP contribution in [0.4, 0.5) is 0 Å². The standard InChI is InChI=1S/C20H17ClN2O2S/c21-16-7-4-8-18(25-14-5-2-1-3-6-14)15(16)11-12-17(24)20-19(13-9-10-13)22-23-26-20/h1-8,13H,9-12H2. The molecule has 0 saturated heterocycles. The Hall–Kier alpha value is -2.24. The molecule has 1 aromatic heterocycles. The molecule has 0 atom stereocenters. The Morgan fingerprint density at radius 3 is 2.73 bits per heavy atom. The molecule has 132 valence electrons. The minimum Gasteiger partial charge on any atom is -0.457 e. The Kier molecular flexibility index (Phi) is 5.00. The molecule has 3 aromatic rings. The predicted octanol–water partition coefficient (Wildman–Crippen LogP) is 5.68. The number of para-hydroxylation sites is 1. The zero-order chi connectivity index (χ0) is 17.9. The SMILES string of the molecule is O=C(CCc1c(Cl)cccc1Oc1ccccc1)c1snnc1C1CC1. The van der Waals surface area contributed by atoms with Gasteiger partial charge in [-0.1, -0.05) is 40.4 Å². The van der Waals surface area contributed by atoms with Crippen molar-refractivity contribution < 1.29 is 9.53 Å². The number of nitrogens with zero attached hydrogens (tertiary/aromatic N) is 2. The first-order chi connectivity index (χ1) is 12.7. The molecule has 0 bridgehead atoms. The molecule has 1 saturated carbocycles. The van der Waals surface area contributed by atoms with Gasteiger partial charge in [0.2, 0.25) is 0 Å². The molecule has 1 fully saturated rings. The molecule has 0 aliphatic heterocycles. The molecule has 0 spiro atoms. The zero-order valence-electron chi connectivity index (χ0n) is 14.0. The van der Waals surface area contributed by atoms with Crippen LogP contribution in [0.15, 0.2) is 48.5 Å². The Labute approximate surface area is 160 Å². The average molecular weight is 385 g/mol. The van der Waals surface area contributed by atoms with E-state index >= 15 is 0 Å². The number of ketones is 1. The molecule has 4 rings (SSSR count). The highest BCUT2D eigenvalue weighted by atomic mass is 35.5. The van der Waals surface area contributed by atoms with Crippen LogP contribution in [0, 0.1) is 0 Å². The van der Waals surface area contributed by atoms with Gasteiger partial charge in [0.15, 0.2) is 5.78 Å². The first kappa shape index (κ1) is 17.2. The quantitative estimate of drug-likeness (QED) is 0.492. The van der Waals surface area contributed by atoms with Gasteiger partial charge in [0.05, 0.1) is 5.69 Å². The maximum absolute atomic E-state index is 12.7. The largest absolute Gasteiger partial charge is 0.457 e. The van der Waals surface area contributed by atoms with Crippen LogP contribution in [0.25, 0.3) is 0 Å². The van der Waals surface area contributed by atoms with Crippen LogP contribution in [-0.2, 0) is 6.42 Å². The highest BCUT2D eigenvalue weighted by Crippen LogP contribution is 2.41. The third-order valence-electron chi connectivity index (χ3n) is 4.38. The summed E-state index contributed by atoms with van der Waals surface area (Å²) in [6.45, 7) is 0. The lowest BCUT2D eigenvalue weighted by molar-refractivity contribution is 0.0985. The van der Waals surface area contributed by atoms with Crippen molar-refractivity contribution in [3.63, 3.8) is 0 Å². The molecule has 1 heterocycles. The third-order valence-corrected chi connectivity index (χ3v) is 5.52. The normalized spacial score (nSPS) is 13.6. The van der Waals surface area contributed by atoms with Crippen molar-refractivity contribution in [3.8, 4) is 11.5 Å². The van der Waals surface area contributed by atoms with Crippen molar-refractivity contribution in [2.45, 2.75) is 31.6 Å². The van der Waals surface area contributed by atoms with Gasteiger partial charge in [-0.2, -0.15) is 0 Å². The van der Waals surface area contributed by atoms with Gasteiger partial charge >= 0.3 is 0 Å². The van der Waals surface area contributed by atoms with Crippen LogP contribution in [0.5, 0.6) is 11.5 Å². The second kappa shape index (κ2) is 7.56. The summed E-state index contributed by atoms with van der Waals surface area (Å²) in [5.41, 5.74) is 1.72. The molecule has 4 nitrogen and oxygen atoms in total. The molecule has 0 N–H and O–H groups in total. The van der Waals surface area contributed by atoms with Crippen LogP contribution < -0.4 is 4.74 Å². The van der Waals surface area contributed by atoms with E-state index in [2.05, 4.69) is 9.59 Å². The van der Waals surface area contributed by atoms with E-state index in [0.717, 1.165) is 29.8 Å². The van der Waals surface area contributed by atoms with E-state index in [-0.39, 0.29) is 5.78 Å². The van der Waals surface area contributed by atoms with E-state index in [1.54, 1.807) is 0 Å². The van der Waals surface area contributed by atoms with Crippen LogP contribution in [0.1, 0.15) is 46.1 Å². The first-order valence-electron chi connectivity index (χ1n) is 8.58. The number of carbonyl (C=O) groups excluding carboxylic acids is 1. The van der Waals surface area contributed by atoms with Crippen molar-refractivity contribution in [3.05, 3.63) is 69.7 Å². The van der Waals surface area contributed by atoms with Crippen LogP contribution >= 0.6 is 23.1 Å². The Morgan fingerprint density at radius 1 is 1.15 bits per heavy atom. The summed E-state index contributed by atoms with van der Waals surface area (Å²) in [5.74, 6) is 1.92. The number of hydrogen-bond donors (Lipinski definition) is 0. The molecule has 0 amide bonds. The highest BCUT2D eigenvalue weighted by Gasteiger charge is 2.31. The minimum absolute atomic E-state index is 0.0764. The summed E-state index contributed by atoms with van der Waals surface area (Å²) >= 11 is 7.58. The lowest BCUT2D eigenvalue weighted by Crippen LogP contribution is -2.03. The Balaban J connectivity index is 1.50. The summed E-state index contributed by atoms with van der Waals surface area (Å²) in [6.07, 6.45) is 3.08. The molecule has 1 aliphatic carbocycles. The van der Waals surface area contributed by atoms with E-state index in [1.165, 1.54) is 11.5 Å². The maximum atomic E-state index is 12.7. The second-order valence-corrected chi connectivity index (χ2v) is 7.48. The molecule has 0 radical (unpaired) electrons. The van der Waals surface area contributed by atoms with E-state index < -0.39 is 0 Å². The van der Waals surface area contributed by atoms with E-state index in [9.17, 15) is 4.79 Å². The topological polar surface area (TPSA) is 52.1 Å². The molecule has 0 unspecified atom stereocenters. The molecular formula is C20H17ClN2O2S. The monoisotopic (exact) mass is 384 g/mol. The lowest BCUT2D eigenvalue weighted by atomic mass is 10.0. The van der Waals surface area contributed by atoms with Gasteiger partial charge in [-0.05, 0) is 55.1 Å². The third kappa shape index (κ3) is 3.79. The van der Waals surface area contributed by atoms with E-state index in [4.69, 9.17) is 16.3 Å². The number of ether oxygens (including phenoxy) is 1. The van der Waals surface area contributed by atoms with Gasteiger partial charge in [-0.25, -0.2) is 0 Å². The average Bonchev–Trinajstić information content (AvgIpc) is 3.38. The number of carbonyl (C=O) groups is 1. The Bertz CT molecular complexity index is 923. The summed E-state index contributed by atoms with van der Waals surface area (Å²) < 4.78 is 9.94. The number of benzene rings is 2. The van der Waals surface area contributed by atoms with E-state index in [0.29, 0.717) is 34.4 Å². The minimum atomic E-state index is 0.0764. The summed E-state index contributed by atoms with van der Waals surface area (Å²) in [7, 11) is 0. The fourth-order valence-electron chi connectivity index (χ4n) is 2.86. The summed E-state index contributed by atoms with van der Waals surface area (Å²) in [5, 5.41) is 4.75. The predicted molar refractivity (Wildman–Crippen MR) is 103 cm³/mol. The molecular weight excluding hydrogens is 368 g/mol. The van der Waals surface area contributed by atoms with Gasteiger partial charge in [0.1, 0.15) is 16.4 Å². The molecule has 6 heteroatoms. The highest BCUT2D eigenvalue weighted by molar-refractivity contribution is 7.08. The number of Topliss-reactive ketones (excluding diaryl/α,β-unsaturated/α-hetero) is 1. The van der Waals surface area contributed by atoms with E-state index in [1.807, 2.05) is 48.5 Å². The van der Waals surface area contributed by atoms with Crippen molar-refractivity contribution in [1.29, 1.82) is 0 Å². The van der Waals surface area contributed by atoms with Gasteiger partial charge in [-0.3, -0.25) is 4.79 Å². The molecule has 26 heavy (non-hydrogen) atoms. The van der Waals surface area contributed by atoms with Crippen molar-refractivity contribution in [2.24, 2.45) is 0 Å². The second-order valence-electron chi connectivity index (χ2n) is 6.32. The van der Waals surface area contributed by atoms with Crippen LogP contribution in [-0.4, -0.2) is 15.4 Å². The van der Waals surface area contributed by atoms with Crippen molar-refractivity contribution >= 4 is 28.9 Å². The van der Waals surface area contributed by atoms with Crippen molar-refractivity contribution in [2.75, 3.05) is 0 Å². The van der Waals surface area contributed by atoms with Crippen LogP contribution in [0.3, 0.4) is 0 Å². The molecule has 2 aromatic carbocycles. The van der Waals surface area contributed by atoms with Gasteiger partial charge in [0, 0.05) is 22.9 Å². The fourth-order valence-corrected chi connectivity index (χ4v) is 3.84. The lowest BCUT2D eigenvalue weighted by Gasteiger charge is -2.12.